The van der Waals surface area contributed by atoms with E-state index in [-0.39, 0.29) is 5.41 Å². The number of hydrogen-bond donors (Lipinski definition) is 1. The third kappa shape index (κ3) is 7.01. The third-order valence-corrected chi connectivity index (χ3v) is 8.92. The van der Waals surface area contributed by atoms with Gasteiger partial charge in [0.2, 0.25) is 0 Å². The molecule has 7 rings (SSSR count). The van der Waals surface area contributed by atoms with E-state index in [9.17, 15) is 9.28 Å². The molecule has 0 aromatic heterocycles. The fourth-order valence-corrected chi connectivity index (χ4v) is 6.55. The lowest BCUT2D eigenvalue weighted by atomic mass is 9.39. The summed E-state index contributed by atoms with van der Waals surface area (Å²) in [5.74, 6) is 2.50. The molecule has 2 aromatic carbocycles. The van der Waals surface area contributed by atoms with Gasteiger partial charge < -0.3 is 14.4 Å². The molecular weight excluding hydrogens is 470 g/mol. The number of aryl methyl sites for hydroxylation is 1. The molecule has 5 saturated carbocycles. The molecule has 1 N–H and O–H groups in total. The highest BCUT2D eigenvalue weighted by Crippen LogP contribution is 2.70. The third-order valence-electron chi connectivity index (χ3n) is 8.05. The molecule has 1 unspecified atom stereocenters. The molecule has 1 atom stereocenters. The standard InChI is InChI=1S/C18H23FO.C10H15O2P.C3H6/c1-20-14-7-8-16(17-10-18(19,11-17)12-17)15(9-14)13-5-3-2-4-6-13;1-12-10-5-3-4-9(8-10)6-7-13(2)11;1-2-3-1/h7-9,13H,2-6,10-12H2,1H3;3-5,8,11H,6-7H2,1-2H3;1-3H2. The molecule has 5 aliphatic carbocycles. The van der Waals surface area contributed by atoms with Crippen LogP contribution in [0.5, 0.6) is 11.5 Å². The number of alkyl halides is 1. The highest BCUT2D eigenvalue weighted by Gasteiger charge is 2.70. The van der Waals surface area contributed by atoms with Crippen LogP contribution in [-0.4, -0.2) is 37.6 Å². The second-order valence-corrected chi connectivity index (χ2v) is 13.1. The van der Waals surface area contributed by atoms with E-state index in [1.807, 2.05) is 24.9 Å². The van der Waals surface area contributed by atoms with Gasteiger partial charge in [0, 0.05) is 13.6 Å². The van der Waals surface area contributed by atoms with Gasteiger partial charge in [-0.15, -0.1) is 0 Å². The van der Waals surface area contributed by atoms with Crippen LogP contribution in [0.25, 0.3) is 0 Å². The van der Waals surface area contributed by atoms with E-state index >= 15 is 0 Å². The molecule has 2 bridgehead atoms. The lowest BCUT2D eigenvalue weighted by molar-refractivity contribution is -0.158. The zero-order chi connectivity index (χ0) is 25.6. The molecule has 198 valence electrons. The summed E-state index contributed by atoms with van der Waals surface area (Å²) in [6, 6.07) is 14.5. The van der Waals surface area contributed by atoms with E-state index in [1.54, 1.807) is 14.2 Å². The van der Waals surface area contributed by atoms with Gasteiger partial charge in [0.15, 0.2) is 0 Å². The predicted octanol–water partition coefficient (Wildman–Crippen LogP) is 8.31. The molecule has 0 spiro atoms. The molecule has 0 saturated heterocycles. The first-order valence-electron chi connectivity index (χ1n) is 13.8. The van der Waals surface area contributed by atoms with Crippen LogP contribution in [0.3, 0.4) is 0 Å². The minimum Gasteiger partial charge on any atom is -0.497 e. The van der Waals surface area contributed by atoms with Crippen molar-refractivity contribution in [1.29, 1.82) is 0 Å². The van der Waals surface area contributed by atoms with Gasteiger partial charge in [-0.25, -0.2) is 4.39 Å². The van der Waals surface area contributed by atoms with Crippen molar-refractivity contribution >= 4 is 8.15 Å². The largest absolute Gasteiger partial charge is 0.497 e. The van der Waals surface area contributed by atoms with Crippen LogP contribution in [0.15, 0.2) is 42.5 Å². The summed E-state index contributed by atoms with van der Waals surface area (Å²) in [5.41, 5.74) is 3.48. The molecule has 5 fully saturated rings. The molecule has 5 aliphatic rings. The van der Waals surface area contributed by atoms with Gasteiger partial charge in [-0.05, 0) is 98.2 Å². The van der Waals surface area contributed by atoms with Gasteiger partial charge >= 0.3 is 0 Å². The van der Waals surface area contributed by atoms with E-state index in [4.69, 9.17) is 9.47 Å². The maximum Gasteiger partial charge on any atom is 0.119 e. The van der Waals surface area contributed by atoms with Gasteiger partial charge in [-0.1, -0.05) is 56.7 Å². The Balaban J connectivity index is 0.000000163. The lowest BCUT2D eigenvalue weighted by Gasteiger charge is -2.66. The smallest absolute Gasteiger partial charge is 0.119 e. The number of ether oxygens (including phenoxy) is 2. The SMILES string of the molecule is C1CC1.COc1ccc(C23CC(F)(C2)C3)c(C2CCCCC2)c1.COc1cccc(CCP(C)O)c1. The van der Waals surface area contributed by atoms with E-state index in [2.05, 4.69) is 24.3 Å². The summed E-state index contributed by atoms with van der Waals surface area (Å²) in [4.78, 5) is 9.17. The first-order chi connectivity index (χ1) is 17.4. The van der Waals surface area contributed by atoms with Crippen LogP contribution in [0.1, 0.15) is 93.2 Å². The maximum atomic E-state index is 13.9. The van der Waals surface area contributed by atoms with Crippen molar-refractivity contribution in [3.8, 4) is 11.5 Å². The predicted molar refractivity (Wildman–Crippen MR) is 149 cm³/mol. The van der Waals surface area contributed by atoms with Gasteiger partial charge in [0.05, 0.1) is 14.2 Å². The Kier molecular flexibility index (Phi) is 9.34. The van der Waals surface area contributed by atoms with Crippen molar-refractivity contribution < 1.29 is 18.8 Å². The van der Waals surface area contributed by atoms with Crippen LogP contribution in [0.4, 0.5) is 4.39 Å². The second kappa shape index (κ2) is 12.3. The minimum atomic E-state index is -0.816. The van der Waals surface area contributed by atoms with Crippen LogP contribution in [-0.2, 0) is 11.8 Å². The Morgan fingerprint density at radius 2 is 1.50 bits per heavy atom. The number of hydrogen-bond acceptors (Lipinski definition) is 3. The fourth-order valence-electron chi connectivity index (χ4n) is 5.97. The second-order valence-electron chi connectivity index (χ2n) is 11.3. The zero-order valence-corrected chi connectivity index (χ0v) is 23.3. The minimum absolute atomic E-state index is 0.174. The Labute approximate surface area is 218 Å². The number of halogens is 1. The van der Waals surface area contributed by atoms with Gasteiger partial charge in [0.25, 0.3) is 0 Å². The number of methoxy groups -OCH3 is 2. The molecule has 5 heteroatoms. The van der Waals surface area contributed by atoms with Crippen molar-refractivity contribution in [2.45, 2.75) is 94.1 Å². The molecule has 0 radical (unpaired) electrons. The van der Waals surface area contributed by atoms with Gasteiger partial charge in [-0.2, -0.15) is 0 Å². The molecule has 0 aliphatic heterocycles. The Morgan fingerprint density at radius 3 is 2.06 bits per heavy atom. The summed E-state index contributed by atoms with van der Waals surface area (Å²) in [6.07, 6.45) is 15.2. The summed E-state index contributed by atoms with van der Waals surface area (Å²) in [7, 11) is 2.62. The average molecular weight is 515 g/mol. The lowest BCUT2D eigenvalue weighted by Crippen LogP contribution is -2.67. The van der Waals surface area contributed by atoms with Gasteiger partial charge in [-0.3, -0.25) is 0 Å². The average Bonchev–Trinajstić information content (AvgIpc) is 3.76. The highest BCUT2D eigenvalue weighted by atomic mass is 31.1. The maximum absolute atomic E-state index is 13.9. The van der Waals surface area contributed by atoms with E-state index in [1.165, 1.54) is 68.1 Å². The summed E-state index contributed by atoms with van der Waals surface area (Å²) >= 11 is 0. The molecule has 3 nitrogen and oxygen atoms in total. The first-order valence-corrected chi connectivity index (χ1v) is 15.7. The topological polar surface area (TPSA) is 38.7 Å². The van der Waals surface area contributed by atoms with Crippen molar-refractivity contribution in [2.24, 2.45) is 0 Å². The van der Waals surface area contributed by atoms with Crippen LogP contribution >= 0.6 is 8.15 Å². The zero-order valence-electron chi connectivity index (χ0n) is 22.4. The highest BCUT2D eigenvalue weighted by molar-refractivity contribution is 7.50. The van der Waals surface area contributed by atoms with Crippen molar-refractivity contribution in [3.05, 3.63) is 59.2 Å². The number of rotatable bonds is 7. The van der Waals surface area contributed by atoms with Crippen LogP contribution < -0.4 is 9.47 Å². The molecule has 0 amide bonds. The van der Waals surface area contributed by atoms with Crippen LogP contribution in [0, 0.1) is 0 Å². The molecular formula is C31H44FO3P. The summed E-state index contributed by atoms with van der Waals surface area (Å²) in [6.45, 7) is 1.87. The summed E-state index contributed by atoms with van der Waals surface area (Å²) < 4.78 is 24.4. The van der Waals surface area contributed by atoms with Crippen molar-refractivity contribution in [2.75, 3.05) is 27.0 Å². The van der Waals surface area contributed by atoms with Gasteiger partial charge in [0.1, 0.15) is 17.2 Å². The molecule has 36 heavy (non-hydrogen) atoms. The first kappa shape index (κ1) is 27.4. The monoisotopic (exact) mass is 514 g/mol. The van der Waals surface area contributed by atoms with Crippen LogP contribution in [0.2, 0.25) is 0 Å². The normalized spacial score (nSPS) is 26.6. The Hall–Kier alpha value is -1.64. The quantitative estimate of drug-likeness (QED) is 0.378. The Morgan fingerprint density at radius 1 is 0.889 bits per heavy atom. The summed E-state index contributed by atoms with van der Waals surface area (Å²) in [5, 5.41) is 0. The Bertz CT molecular complexity index is 961. The van der Waals surface area contributed by atoms with E-state index in [0.29, 0.717) is 5.92 Å². The van der Waals surface area contributed by atoms with E-state index < -0.39 is 13.8 Å². The van der Waals surface area contributed by atoms with E-state index in [0.717, 1.165) is 43.3 Å². The fraction of sp³-hybridized carbons (Fsp3) is 0.613. The van der Waals surface area contributed by atoms with Crippen molar-refractivity contribution in [3.63, 3.8) is 0 Å². The number of benzene rings is 2. The van der Waals surface area contributed by atoms with Crippen molar-refractivity contribution in [1.82, 2.24) is 0 Å². The molecule has 0 heterocycles. The molecule has 2 aromatic rings.